The first-order valence-corrected chi connectivity index (χ1v) is 11.9. The van der Waals surface area contributed by atoms with E-state index in [0.717, 1.165) is 23.1 Å². The minimum Gasteiger partial charge on any atom is -0.398 e. The molecule has 1 atom stereocenters. The Hall–Kier alpha value is -3.93. The summed E-state index contributed by atoms with van der Waals surface area (Å²) in [5.41, 5.74) is 13.2. The van der Waals surface area contributed by atoms with Gasteiger partial charge in [0, 0.05) is 22.5 Å². The number of nitrogen functional groups attached to an aromatic ring is 1. The highest BCUT2D eigenvalue weighted by atomic mass is 16.2. The van der Waals surface area contributed by atoms with Crippen LogP contribution in [0.4, 0.5) is 11.4 Å². The van der Waals surface area contributed by atoms with Crippen molar-refractivity contribution in [1.82, 2.24) is 5.43 Å². The molecule has 0 saturated carbocycles. The van der Waals surface area contributed by atoms with Crippen molar-refractivity contribution in [1.29, 1.82) is 0 Å². The van der Waals surface area contributed by atoms with E-state index < -0.39 is 0 Å². The molecule has 0 radical (unpaired) electrons. The third-order valence-corrected chi connectivity index (χ3v) is 5.16. The van der Waals surface area contributed by atoms with Crippen LogP contribution in [0.1, 0.15) is 75.4 Å². The third kappa shape index (κ3) is 8.41. The highest BCUT2D eigenvalue weighted by Crippen LogP contribution is 2.31. The van der Waals surface area contributed by atoms with Crippen molar-refractivity contribution in [2.45, 2.75) is 53.9 Å². The molecule has 0 aromatic heterocycles. The molecule has 0 aliphatic carbocycles. The molecule has 1 aliphatic rings. The normalized spacial score (nSPS) is 14.2. The van der Waals surface area contributed by atoms with Gasteiger partial charge in [-0.3, -0.25) is 9.59 Å². The quantitative estimate of drug-likeness (QED) is 0.332. The summed E-state index contributed by atoms with van der Waals surface area (Å²) >= 11 is 0. The Morgan fingerprint density at radius 1 is 1.23 bits per heavy atom. The number of hydrogen-bond acceptors (Lipinski definition) is 4. The van der Waals surface area contributed by atoms with Crippen molar-refractivity contribution < 1.29 is 9.59 Å². The molecule has 0 fully saturated rings. The molecule has 1 heterocycles. The Morgan fingerprint density at radius 3 is 2.43 bits per heavy atom. The van der Waals surface area contributed by atoms with E-state index >= 15 is 0 Å². The highest BCUT2D eigenvalue weighted by molar-refractivity contribution is 6.19. The number of carbonyl (C=O) groups excluding carboxylic acids is 2. The van der Waals surface area contributed by atoms with E-state index in [1.807, 2.05) is 83.2 Å². The number of nitrogens with zero attached hydrogens (tertiary/aromatic N) is 1. The zero-order valence-electron chi connectivity index (χ0n) is 21.7. The van der Waals surface area contributed by atoms with Crippen LogP contribution in [-0.2, 0) is 4.79 Å². The van der Waals surface area contributed by atoms with Gasteiger partial charge in [-0.1, -0.05) is 74.9 Å². The molecule has 6 heteroatoms. The number of fused-ring (bicyclic) bond motifs is 1. The lowest BCUT2D eigenvalue weighted by Gasteiger charge is -2.16. The van der Waals surface area contributed by atoms with Crippen molar-refractivity contribution in [3.8, 4) is 0 Å². The second-order valence-electron chi connectivity index (χ2n) is 7.64. The summed E-state index contributed by atoms with van der Waals surface area (Å²) in [5.74, 6) is -0.903. The second-order valence-corrected chi connectivity index (χ2v) is 7.64. The van der Waals surface area contributed by atoms with Crippen LogP contribution in [0.15, 0.2) is 77.9 Å². The molecule has 1 aliphatic heterocycles. The van der Waals surface area contributed by atoms with Crippen molar-refractivity contribution in [2.75, 3.05) is 11.1 Å². The zero-order chi connectivity index (χ0) is 26.4. The average Bonchev–Trinajstić information content (AvgIpc) is 3.04. The third-order valence-electron chi connectivity index (χ3n) is 5.16. The summed E-state index contributed by atoms with van der Waals surface area (Å²) in [5, 5.41) is 6.84. The van der Waals surface area contributed by atoms with Crippen molar-refractivity contribution >= 4 is 35.0 Å². The standard InChI is InChI=1S/C23H24N4O2.C4H8.C2H6/c1-4-14(2)10-17-13-25-27-23(29)19-11-18(12-20(24)21(17)19)26-22(28)15(3)16-8-6-5-7-9-16;1-3-4-2;1-2/h4-13,15H,24H2,1-3H3,(H,26,28)(H,27,29);3H,1,4H2,2H3;1-2H3/b14-4+,17-10+;;. The summed E-state index contributed by atoms with van der Waals surface area (Å²) in [4.78, 5) is 25.2. The van der Waals surface area contributed by atoms with E-state index in [1.165, 1.54) is 0 Å². The van der Waals surface area contributed by atoms with Crippen LogP contribution in [0.5, 0.6) is 0 Å². The van der Waals surface area contributed by atoms with Crippen LogP contribution in [0.2, 0.25) is 0 Å². The average molecular weight is 475 g/mol. The first kappa shape index (κ1) is 29.1. The van der Waals surface area contributed by atoms with E-state index in [0.29, 0.717) is 22.5 Å². The first-order valence-electron chi connectivity index (χ1n) is 11.9. The number of benzene rings is 2. The van der Waals surface area contributed by atoms with Crippen molar-refractivity contribution in [2.24, 2.45) is 5.10 Å². The largest absolute Gasteiger partial charge is 0.398 e. The number of hydrazone groups is 1. The lowest BCUT2D eigenvalue weighted by molar-refractivity contribution is -0.117. The van der Waals surface area contributed by atoms with E-state index in [1.54, 1.807) is 18.3 Å². The van der Waals surface area contributed by atoms with Crippen molar-refractivity contribution in [3.63, 3.8) is 0 Å². The number of carbonyl (C=O) groups is 2. The fourth-order valence-corrected chi connectivity index (χ4v) is 3.10. The zero-order valence-corrected chi connectivity index (χ0v) is 21.7. The van der Waals surface area contributed by atoms with Crippen LogP contribution in [0, 0.1) is 0 Å². The molecule has 35 heavy (non-hydrogen) atoms. The summed E-state index contributed by atoms with van der Waals surface area (Å²) in [6, 6.07) is 12.8. The van der Waals surface area contributed by atoms with Gasteiger partial charge in [-0.2, -0.15) is 5.10 Å². The summed E-state index contributed by atoms with van der Waals surface area (Å²) in [7, 11) is 0. The fraction of sp³-hybridized carbons (Fsp3) is 0.276. The van der Waals surface area contributed by atoms with Crippen LogP contribution in [0.25, 0.3) is 5.57 Å². The number of allylic oxidation sites excluding steroid dienone is 5. The van der Waals surface area contributed by atoms with Gasteiger partial charge in [0.2, 0.25) is 5.91 Å². The molecule has 0 bridgehead atoms. The van der Waals surface area contributed by atoms with Gasteiger partial charge in [0.05, 0.1) is 17.7 Å². The minimum atomic E-state index is -0.378. The lowest BCUT2D eigenvalue weighted by atomic mass is 9.95. The van der Waals surface area contributed by atoms with Crippen LogP contribution >= 0.6 is 0 Å². The summed E-state index contributed by atoms with van der Waals surface area (Å²) in [6.45, 7) is 15.3. The molecular formula is C29H38N4O2. The number of amides is 2. The Kier molecular flexibility index (Phi) is 12.5. The van der Waals surface area contributed by atoms with Gasteiger partial charge in [0.25, 0.3) is 5.91 Å². The number of nitrogens with two attached hydrogens (primary N) is 1. The van der Waals surface area contributed by atoms with Gasteiger partial charge >= 0.3 is 0 Å². The molecular weight excluding hydrogens is 436 g/mol. The second kappa shape index (κ2) is 15.1. The molecule has 6 nitrogen and oxygen atoms in total. The summed E-state index contributed by atoms with van der Waals surface area (Å²) in [6.07, 6.45) is 8.40. The van der Waals surface area contributed by atoms with Gasteiger partial charge in [-0.15, -0.1) is 6.58 Å². The molecule has 0 saturated heterocycles. The Balaban J connectivity index is 0.000000926. The van der Waals surface area contributed by atoms with Gasteiger partial charge in [-0.05, 0) is 44.9 Å². The summed E-state index contributed by atoms with van der Waals surface area (Å²) < 4.78 is 0. The number of nitrogens with one attached hydrogen (secondary N) is 2. The predicted molar refractivity (Wildman–Crippen MR) is 150 cm³/mol. The minimum absolute atomic E-state index is 0.179. The highest BCUT2D eigenvalue weighted by Gasteiger charge is 2.22. The molecule has 3 rings (SSSR count). The topological polar surface area (TPSA) is 96.6 Å². The van der Waals surface area contributed by atoms with Gasteiger partial charge in [0.1, 0.15) is 0 Å². The Bertz CT molecular complexity index is 1100. The van der Waals surface area contributed by atoms with E-state index in [9.17, 15) is 9.59 Å². The SMILES string of the molecule is C/C=C(C)/C=C1\C=NNC(=O)c2cc(NC(=O)C(C)c3ccccc3)cc(N)c21.C=CCC.CC. The molecule has 4 N–H and O–H groups in total. The van der Waals surface area contributed by atoms with E-state index in [-0.39, 0.29) is 17.7 Å². The van der Waals surface area contributed by atoms with Gasteiger partial charge in [-0.25, -0.2) is 5.43 Å². The number of rotatable bonds is 5. The molecule has 1 unspecified atom stereocenters. The smallest absolute Gasteiger partial charge is 0.272 e. The molecule has 2 aromatic rings. The Morgan fingerprint density at radius 2 is 1.86 bits per heavy atom. The van der Waals surface area contributed by atoms with Crippen LogP contribution in [-0.4, -0.2) is 18.0 Å². The fourth-order valence-electron chi connectivity index (χ4n) is 3.10. The van der Waals surface area contributed by atoms with Gasteiger partial charge < -0.3 is 11.1 Å². The molecule has 186 valence electrons. The molecule has 2 aromatic carbocycles. The predicted octanol–water partition coefficient (Wildman–Crippen LogP) is 6.70. The maximum absolute atomic E-state index is 12.7. The van der Waals surface area contributed by atoms with Crippen LogP contribution in [0.3, 0.4) is 0 Å². The van der Waals surface area contributed by atoms with Crippen molar-refractivity contribution in [3.05, 3.63) is 89.5 Å². The van der Waals surface area contributed by atoms with E-state index in [2.05, 4.69) is 29.3 Å². The molecule has 2 amide bonds. The van der Waals surface area contributed by atoms with E-state index in [4.69, 9.17) is 5.73 Å². The monoisotopic (exact) mass is 474 g/mol. The number of anilines is 2. The van der Waals surface area contributed by atoms with Crippen LogP contribution < -0.4 is 16.5 Å². The maximum Gasteiger partial charge on any atom is 0.272 e. The van der Waals surface area contributed by atoms with Gasteiger partial charge in [0.15, 0.2) is 0 Å². The maximum atomic E-state index is 12.7. The number of hydrogen-bond donors (Lipinski definition) is 3. The molecule has 0 spiro atoms. The lowest BCUT2D eigenvalue weighted by Crippen LogP contribution is -2.21. The first-order chi connectivity index (χ1) is 16.8. The Labute approximate surface area is 209 Å².